The Morgan fingerprint density at radius 1 is 1.06 bits per heavy atom. The summed E-state index contributed by atoms with van der Waals surface area (Å²) in [5.74, 6) is 0. The van der Waals surface area contributed by atoms with E-state index < -0.39 is 16.9 Å². The Labute approximate surface area is 204 Å². The standard InChI is InChI=1S/C22H12Cl2N6O3S/c23-14-8-12(30-22(33)26-21(32)16(10-25)27-30)9-15(24)20(14)28-6-5-18-17(28)3-4-19(31)29(18)11-13-2-1-7-34-13/h1-9H,11H2,(H,26,32,33). The first-order chi connectivity index (χ1) is 16.4. The van der Waals surface area contributed by atoms with Gasteiger partial charge in [0.2, 0.25) is 5.69 Å². The van der Waals surface area contributed by atoms with Crippen molar-refractivity contribution >= 4 is 45.6 Å². The molecule has 12 heteroatoms. The number of aromatic amines is 1. The number of thiophene rings is 1. The largest absolute Gasteiger partial charge is 0.349 e. The quantitative estimate of drug-likeness (QED) is 0.397. The Morgan fingerprint density at radius 2 is 1.82 bits per heavy atom. The van der Waals surface area contributed by atoms with Gasteiger partial charge in [0.15, 0.2) is 0 Å². The zero-order valence-corrected chi connectivity index (χ0v) is 19.4. The van der Waals surface area contributed by atoms with E-state index in [9.17, 15) is 14.4 Å². The highest BCUT2D eigenvalue weighted by Crippen LogP contribution is 2.33. The third kappa shape index (κ3) is 3.66. The molecule has 9 nitrogen and oxygen atoms in total. The number of pyridine rings is 1. The molecule has 1 N–H and O–H groups in total. The van der Waals surface area contributed by atoms with Gasteiger partial charge < -0.3 is 9.13 Å². The molecule has 4 heterocycles. The van der Waals surface area contributed by atoms with E-state index in [4.69, 9.17) is 28.5 Å². The van der Waals surface area contributed by atoms with Gasteiger partial charge in [0, 0.05) is 17.1 Å². The molecule has 0 spiro atoms. The first-order valence-electron chi connectivity index (χ1n) is 9.74. The van der Waals surface area contributed by atoms with Gasteiger partial charge >= 0.3 is 5.69 Å². The second-order valence-electron chi connectivity index (χ2n) is 7.18. The average molecular weight is 511 g/mol. The number of hydrogen-bond donors (Lipinski definition) is 1. The second-order valence-corrected chi connectivity index (χ2v) is 9.03. The summed E-state index contributed by atoms with van der Waals surface area (Å²) in [7, 11) is 0. The maximum absolute atomic E-state index is 12.6. The second kappa shape index (κ2) is 8.46. The van der Waals surface area contributed by atoms with Crippen LogP contribution in [-0.2, 0) is 6.54 Å². The van der Waals surface area contributed by atoms with Crippen LogP contribution in [0.4, 0.5) is 0 Å². The molecule has 1 aromatic carbocycles. The van der Waals surface area contributed by atoms with Crippen LogP contribution in [0.3, 0.4) is 0 Å². The SMILES string of the molecule is N#Cc1nn(-c2cc(Cl)c(-n3ccc4c3ccc(=O)n4Cc3cccs3)c(Cl)c2)c(=O)[nH]c1=O. The van der Waals surface area contributed by atoms with Gasteiger partial charge in [0.25, 0.3) is 11.1 Å². The number of nitriles is 1. The number of H-pyrrole nitrogens is 1. The van der Waals surface area contributed by atoms with Crippen molar-refractivity contribution in [3.05, 3.63) is 106 Å². The monoisotopic (exact) mass is 510 g/mol. The molecular formula is C22H12Cl2N6O3S. The maximum atomic E-state index is 12.6. The van der Waals surface area contributed by atoms with Gasteiger partial charge in [0.1, 0.15) is 6.07 Å². The van der Waals surface area contributed by atoms with E-state index in [1.165, 1.54) is 18.2 Å². The number of nitrogens with zero attached hydrogens (tertiary/aromatic N) is 5. The van der Waals surface area contributed by atoms with Gasteiger partial charge in [-0.3, -0.25) is 14.6 Å². The molecule has 0 unspecified atom stereocenters. The molecule has 5 aromatic rings. The summed E-state index contributed by atoms with van der Waals surface area (Å²) in [5, 5.41) is 15.2. The normalized spacial score (nSPS) is 11.1. The lowest BCUT2D eigenvalue weighted by Crippen LogP contribution is -2.33. The van der Waals surface area contributed by atoms with Gasteiger partial charge in [-0.1, -0.05) is 29.3 Å². The van der Waals surface area contributed by atoms with Crippen LogP contribution in [-0.4, -0.2) is 23.9 Å². The van der Waals surface area contributed by atoms with Crippen molar-refractivity contribution in [1.29, 1.82) is 5.26 Å². The first kappa shape index (κ1) is 21.9. The smallest absolute Gasteiger partial charge is 0.312 e. The summed E-state index contributed by atoms with van der Waals surface area (Å²) in [6, 6.07) is 13.4. The van der Waals surface area contributed by atoms with Crippen LogP contribution in [0.25, 0.3) is 22.4 Å². The highest BCUT2D eigenvalue weighted by Gasteiger charge is 2.17. The number of rotatable bonds is 4. The number of benzene rings is 1. The Morgan fingerprint density at radius 3 is 2.50 bits per heavy atom. The molecule has 34 heavy (non-hydrogen) atoms. The number of hydrogen-bond acceptors (Lipinski definition) is 6. The predicted octanol–water partition coefficient (Wildman–Crippen LogP) is 3.31. The van der Waals surface area contributed by atoms with Crippen molar-refractivity contribution in [3.63, 3.8) is 0 Å². The van der Waals surface area contributed by atoms with Crippen LogP contribution in [0.5, 0.6) is 0 Å². The highest BCUT2D eigenvalue weighted by atomic mass is 35.5. The summed E-state index contributed by atoms with van der Waals surface area (Å²) >= 11 is 14.7. The van der Waals surface area contributed by atoms with Crippen LogP contribution in [0, 0.1) is 11.3 Å². The lowest BCUT2D eigenvalue weighted by molar-refractivity contribution is 0.740. The van der Waals surface area contributed by atoms with Crippen molar-refractivity contribution < 1.29 is 0 Å². The molecule has 0 fully saturated rings. The topological polar surface area (TPSA) is 118 Å². The zero-order valence-electron chi connectivity index (χ0n) is 17.0. The molecule has 0 aliphatic heterocycles. The van der Waals surface area contributed by atoms with E-state index in [1.54, 1.807) is 44.9 Å². The zero-order chi connectivity index (χ0) is 24.0. The number of halogens is 2. The molecule has 0 saturated heterocycles. The third-order valence-corrected chi connectivity index (χ3v) is 6.60. The fourth-order valence-corrected chi connectivity index (χ4v) is 5.01. The minimum Gasteiger partial charge on any atom is -0.312 e. The third-order valence-electron chi connectivity index (χ3n) is 5.16. The molecule has 0 aliphatic rings. The summed E-state index contributed by atoms with van der Waals surface area (Å²) in [5.41, 5.74) is -0.325. The molecule has 0 bridgehead atoms. The molecule has 168 valence electrons. The van der Waals surface area contributed by atoms with E-state index >= 15 is 0 Å². The van der Waals surface area contributed by atoms with Crippen molar-refractivity contribution in [2.24, 2.45) is 0 Å². The van der Waals surface area contributed by atoms with E-state index in [0.29, 0.717) is 23.3 Å². The van der Waals surface area contributed by atoms with Crippen LogP contribution >= 0.6 is 34.5 Å². The summed E-state index contributed by atoms with van der Waals surface area (Å²) in [6.07, 6.45) is 1.75. The summed E-state index contributed by atoms with van der Waals surface area (Å²) in [4.78, 5) is 39.5. The minimum absolute atomic E-state index is 0.136. The molecular weight excluding hydrogens is 499 g/mol. The molecule has 0 amide bonds. The van der Waals surface area contributed by atoms with Gasteiger partial charge in [0.05, 0.1) is 39.0 Å². The average Bonchev–Trinajstić information content (AvgIpc) is 3.46. The van der Waals surface area contributed by atoms with E-state index in [0.717, 1.165) is 9.56 Å². The molecule has 0 atom stereocenters. The van der Waals surface area contributed by atoms with Crippen LogP contribution in [0.2, 0.25) is 10.0 Å². The van der Waals surface area contributed by atoms with Crippen LogP contribution in [0.15, 0.2) is 68.4 Å². The van der Waals surface area contributed by atoms with Crippen LogP contribution in [0.1, 0.15) is 10.6 Å². The molecule has 0 aliphatic carbocycles. The number of aromatic nitrogens is 5. The highest BCUT2D eigenvalue weighted by molar-refractivity contribution is 7.09. The van der Waals surface area contributed by atoms with Gasteiger partial charge in [-0.2, -0.15) is 9.94 Å². The first-order valence-corrected chi connectivity index (χ1v) is 11.4. The summed E-state index contributed by atoms with van der Waals surface area (Å²) < 4.78 is 4.26. The molecule has 0 saturated carbocycles. The lowest BCUT2D eigenvalue weighted by atomic mass is 10.2. The van der Waals surface area contributed by atoms with Crippen molar-refractivity contribution in [3.8, 4) is 17.4 Å². The van der Waals surface area contributed by atoms with Crippen molar-refractivity contribution in [1.82, 2.24) is 23.9 Å². The maximum Gasteiger partial charge on any atom is 0.349 e. The van der Waals surface area contributed by atoms with Gasteiger partial charge in [-0.05, 0) is 35.7 Å². The summed E-state index contributed by atoms with van der Waals surface area (Å²) in [6.45, 7) is 0.431. The van der Waals surface area contributed by atoms with Gasteiger partial charge in [-0.25, -0.2) is 4.79 Å². The molecule has 5 rings (SSSR count). The van der Waals surface area contributed by atoms with E-state index in [-0.39, 0.29) is 21.3 Å². The predicted molar refractivity (Wildman–Crippen MR) is 130 cm³/mol. The van der Waals surface area contributed by atoms with Crippen molar-refractivity contribution in [2.75, 3.05) is 0 Å². The van der Waals surface area contributed by atoms with E-state index in [2.05, 4.69) is 5.10 Å². The fourth-order valence-electron chi connectivity index (χ4n) is 3.66. The molecule has 4 aromatic heterocycles. The van der Waals surface area contributed by atoms with Gasteiger partial charge in [-0.15, -0.1) is 16.4 Å². The number of fused-ring (bicyclic) bond motifs is 1. The lowest BCUT2D eigenvalue weighted by Gasteiger charge is -2.14. The number of nitrogens with one attached hydrogen (secondary N) is 1. The Bertz CT molecular complexity index is 1770. The van der Waals surface area contributed by atoms with E-state index in [1.807, 2.05) is 22.5 Å². The van der Waals surface area contributed by atoms with Crippen LogP contribution < -0.4 is 16.8 Å². The Hall–Kier alpha value is -3.91. The Kier molecular flexibility index (Phi) is 5.45. The fraction of sp³-hybridized carbons (Fsp3) is 0.0455. The molecule has 0 radical (unpaired) electrons. The Balaban J connectivity index is 1.65. The minimum atomic E-state index is -0.884. The van der Waals surface area contributed by atoms with Crippen molar-refractivity contribution in [2.45, 2.75) is 6.54 Å².